The summed E-state index contributed by atoms with van der Waals surface area (Å²) < 4.78 is 0. The first-order chi connectivity index (χ1) is 10.4. The zero-order chi connectivity index (χ0) is 14.1. The van der Waals surface area contributed by atoms with Crippen molar-refractivity contribution in [1.82, 2.24) is 15.1 Å². The number of nitrogens with one attached hydrogen (secondary N) is 1. The van der Waals surface area contributed by atoms with Gasteiger partial charge in [-0.3, -0.25) is 9.80 Å². The summed E-state index contributed by atoms with van der Waals surface area (Å²) in [6.07, 6.45) is 2.76. The van der Waals surface area contributed by atoms with Crippen molar-refractivity contribution in [3.05, 3.63) is 35.9 Å². The fourth-order valence-corrected chi connectivity index (χ4v) is 4.50. The van der Waals surface area contributed by atoms with Crippen molar-refractivity contribution < 1.29 is 0 Å². The van der Waals surface area contributed by atoms with E-state index in [1.807, 2.05) is 0 Å². The van der Waals surface area contributed by atoms with Gasteiger partial charge in [-0.15, -0.1) is 0 Å². The van der Waals surface area contributed by atoms with Gasteiger partial charge in [0, 0.05) is 32.2 Å². The maximum absolute atomic E-state index is 3.55. The molecule has 3 aliphatic rings. The van der Waals surface area contributed by atoms with Crippen LogP contribution >= 0.6 is 0 Å². The number of fused-ring (bicyclic) bond motifs is 1. The molecule has 4 rings (SSSR count). The highest BCUT2D eigenvalue weighted by molar-refractivity contribution is 5.14. The fourth-order valence-electron chi connectivity index (χ4n) is 4.50. The van der Waals surface area contributed by atoms with Gasteiger partial charge in [0.2, 0.25) is 0 Å². The van der Waals surface area contributed by atoms with Gasteiger partial charge in [0.05, 0.1) is 0 Å². The summed E-state index contributed by atoms with van der Waals surface area (Å²) in [5.41, 5.74) is 1.46. The van der Waals surface area contributed by atoms with Crippen molar-refractivity contribution in [3.8, 4) is 0 Å². The van der Waals surface area contributed by atoms with Crippen molar-refractivity contribution in [1.29, 1.82) is 0 Å². The monoisotopic (exact) mass is 285 g/mol. The first-order valence-electron chi connectivity index (χ1n) is 8.59. The quantitative estimate of drug-likeness (QED) is 0.913. The molecule has 3 atom stereocenters. The first kappa shape index (κ1) is 13.7. The van der Waals surface area contributed by atoms with E-state index >= 15 is 0 Å². The minimum atomic E-state index is 0.799. The Morgan fingerprint density at radius 3 is 2.52 bits per heavy atom. The van der Waals surface area contributed by atoms with Gasteiger partial charge in [-0.05, 0) is 49.9 Å². The summed E-state index contributed by atoms with van der Waals surface area (Å²) in [5, 5.41) is 3.55. The Labute approximate surface area is 128 Å². The average molecular weight is 285 g/mol. The number of rotatable bonds is 3. The van der Waals surface area contributed by atoms with Crippen LogP contribution in [0, 0.1) is 11.8 Å². The van der Waals surface area contributed by atoms with Gasteiger partial charge in [-0.1, -0.05) is 30.3 Å². The molecule has 0 radical (unpaired) electrons. The van der Waals surface area contributed by atoms with Gasteiger partial charge in [0.25, 0.3) is 0 Å². The summed E-state index contributed by atoms with van der Waals surface area (Å²) in [6, 6.07) is 11.7. The standard InChI is InChI=1S/C18H27N3/c1-2-5-15(6-3-1)11-20-8-4-7-18(14-20)21-12-16-9-19-10-17(16)13-21/h1-3,5-6,16-19H,4,7-14H2. The predicted molar refractivity (Wildman–Crippen MR) is 86.2 cm³/mol. The van der Waals surface area contributed by atoms with Crippen LogP contribution in [0.3, 0.4) is 0 Å². The van der Waals surface area contributed by atoms with Crippen molar-refractivity contribution in [2.45, 2.75) is 25.4 Å². The molecular formula is C18H27N3. The third-order valence-electron chi connectivity index (χ3n) is 5.66. The Morgan fingerprint density at radius 2 is 1.76 bits per heavy atom. The van der Waals surface area contributed by atoms with Crippen LogP contribution in [0.2, 0.25) is 0 Å². The molecule has 0 amide bonds. The molecule has 3 fully saturated rings. The molecule has 1 aromatic carbocycles. The largest absolute Gasteiger partial charge is 0.316 e. The Hall–Kier alpha value is -0.900. The molecule has 1 aromatic rings. The van der Waals surface area contributed by atoms with Crippen LogP contribution in [-0.4, -0.2) is 55.1 Å². The highest BCUT2D eigenvalue weighted by Gasteiger charge is 2.39. The summed E-state index contributed by atoms with van der Waals surface area (Å²) in [5.74, 6) is 1.85. The molecule has 21 heavy (non-hydrogen) atoms. The number of hydrogen-bond donors (Lipinski definition) is 1. The highest BCUT2D eigenvalue weighted by Crippen LogP contribution is 2.30. The Balaban J connectivity index is 1.35. The van der Waals surface area contributed by atoms with Crippen LogP contribution in [0.4, 0.5) is 0 Å². The van der Waals surface area contributed by atoms with Crippen LogP contribution in [0.1, 0.15) is 18.4 Å². The van der Waals surface area contributed by atoms with E-state index in [0.717, 1.165) is 24.4 Å². The molecule has 114 valence electrons. The zero-order valence-corrected chi connectivity index (χ0v) is 12.9. The van der Waals surface area contributed by atoms with Crippen LogP contribution in [0.25, 0.3) is 0 Å². The fraction of sp³-hybridized carbons (Fsp3) is 0.667. The van der Waals surface area contributed by atoms with Crippen molar-refractivity contribution >= 4 is 0 Å². The lowest BCUT2D eigenvalue weighted by Crippen LogP contribution is -2.47. The molecule has 3 heteroatoms. The van der Waals surface area contributed by atoms with Gasteiger partial charge in [-0.25, -0.2) is 0 Å². The third-order valence-corrected chi connectivity index (χ3v) is 5.66. The SMILES string of the molecule is c1ccc(CN2CCCC(N3CC4CNCC4C3)C2)cc1. The summed E-state index contributed by atoms with van der Waals surface area (Å²) in [6.45, 7) is 8.83. The summed E-state index contributed by atoms with van der Waals surface area (Å²) in [4.78, 5) is 5.46. The summed E-state index contributed by atoms with van der Waals surface area (Å²) >= 11 is 0. The minimum Gasteiger partial charge on any atom is -0.316 e. The third kappa shape index (κ3) is 3.01. The second kappa shape index (κ2) is 6.07. The Morgan fingerprint density at radius 1 is 1.00 bits per heavy atom. The molecule has 3 nitrogen and oxygen atoms in total. The van der Waals surface area contributed by atoms with Gasteiger partial charge in [0.1, 0.15) is 0 Å². The normalized spacial score (nSPS) is 34.2. The number of benzene rings is 1. The zero-order valence-electron chi connectivity index (χ0n) is 12.9. The first-order valence-corrected chi connectivity index (χ1v) is 8.59. The van der Waals surface area contributed by atoms with E-state index in [2.05, 4.69) is 45.4 Å². The van der Waals surface area contributed by atoms with E-state index in [1.54, 1.807) is 0 Å². The molecule has 0 bridgehead atoms. The predicted octanol–water partition coefficient (Wildman–Crippen LogP) is 1.80. The molecular weight excluding hydrogens is 258 g/mol. The number of nitrogens with zero attached hydrogens (tertiary/aromatic N) is 2. The molecule has 3 unspecified atom stereocenters. The topological polar surface area (TPSA) is 18.5 Å². The van der Waals surface area contributed by atoms with Crippen LogP contribution in [-0.2, 0) is 6.54 Å². The Kier molecular flexibility index (Phi) is 3.97. The number of hydrogen-bond acceptors (Lipinski definition) is 3. The van der Waals surface area contributed by atoms with E-state index in [4.69, 9.17) is 0 Å². The average Bonchev–Trinajstić information content (AvgIpc) is 3.10. The number of likely N-dealkylation sites (tertiary alicyclic amines) is 2. The molecule has 0 spiro atoms. The number of piperidine rings is 1. The van der Waals surface area contributed by atoms with E-state index in [1.165, 1.54) is 57.7 Å². The lowest BCUT2D eigenvalue weighted by atomic mass is 10.0. The van der Waals surface area contributed by atoms with Gasteiger partial charge < -0.3 is 5.32 Å². The summed E-state index contributed by atoms with van der Waals surface area (Å²) in [7, 11) is 0. The van der Waals surface area contributed by atoms with Crippen molar-refractivity contribution in [2.75, 3.05) is 39.3 Å². The van der Waals surface area contributed by atoms with E-state index in [-0.39, 0.29) is 0 Å². The van der Waals surface area contributed by atoms with E-state index in [0.29, 0.717) is 0 Å². The van der Waals surface area contributed by atoms with Gasteiger partial charge in [-0.2, -0.15) is 0 Å². The van der Waals surface area contributed by atoms with Gasteiger partial charge in [0.15, 0.2) is 0 Å². The van der Waals surface area contributed by atoms with Crippen LogP contribution in [0.5, 0.6) is 0 Å². The molecule has 3 saturated heterocycles. The van der Waals surface area contributed by atoms with E-state index in [9.17, 15) is 0 Å². The molecule has 0 aliphatic carbocycles. The second-order valence-corrected chi connectivity index (χ2v) is 7.15. The lowest BCUT2D eigenvalue weighted by Gasteiger charge is -2.38. The van der Waals surface area contributed by atoms with Crippen LogP contribution < -0.4 is 5.32 Å². The smallest absolute Gasteiger partial charge is 0.0234 e. The molecule has 3 aliphatic heterocycles. The van der Waals surface area contributed by atoms with E-state index < -0.39 is 0 Å². The van der Waals surface area contributed by atoms with Gasteiger partial charge >= 0.3 is 0 Å². The second-order valence-electron chi connectivity index (χ2n) is 7.15. The lowest BCUT2D eigenvalue weighted by molar-refractivity contribution is 0.105. The maximum atomic E-state index is 3.55. The Bertz CT molecular complexity index is 449. The van der Waals surface area contributed by atoms with Crippen molar-refractivity contribution in [3.63, 3.8) is 0 Å². The maximum Gasteiger partial charge on any atom is 0.0234 e. The molecule has 0 aromatic heterocycles. The molecule has 3 heterocycles. The van der Waals surface area contributed by atoms with Crippen LogP contribution in [0.15, 0.2) is 30.3 Å². The highest BCUT2D eigenvalue weighted by atomic mass is 15.3. The molecule has 1 N–H and O–H groups in total. The minimum absolute atomic E-state index is 0.799. The molecule has 0 saturated carbocycles. The van der Waals surface area contributed by atoms with Crippen molar-refractivity contribution in [2.24, 2.45) is 11.8 Å².